The Hall–Kier alpha value is -2.34. The molecule has 0 radical (unpaired) electrons. The molecule has 0 aliphatic heterocycles. The van der Waals surface area contributed by atoms with E-state index in [1.807, 2.05) is 26.0 Å². The van der Waals surface area contributed by atoms with Gasteiger partial charge in [-0.15, -0.1) is 0 Å². The first-order valence-electron chi connectivity index (χ1n) is 6.69. The van der Waals surface area contributed by atoms with Crippen molar-refractivity contribution in [2.45, 2.75) is 19.9 Å². The summed E-state index contributed by atoms with van der Waals surface area (Å²) in [6.45, 7) is 3.92. The van der Waals surface area contributed by atoms with Crippen LogP contribution in [0.2, 0.25) is 5.02 Å². The predicted octanol–water partition coefficient (Wildman–Crippen LogP) is 3.97. The molecule has 0 saturated carbocycles. The van der Waals surface area contributed by atoms with Gasteiger partial charge >= 0.3 is 5.88 Å². The minimum atomic E-state index is -0.685. The maximum Gasteiger partial charge on any atom is 0.433 e. The molecule has 0 spiro atoms. The minimum Gasteiger partial charge on any atom is -0.395 e. The molecule has 1 aromatic heterocycles. The van der Waals surface area contributed by atoms with E-state index in [0.717, 1.165) is 11.6 Å². The molecule has 1 amide bonds. The molecule has 6 nitrogen and oxygen atoms in total. The summed E-state index contributed by atoms with van der Waals surface area (Å²) in [5.41, 5.74) is 0.897. The summed E-state index contributed by atoms with van der Waals surface area (Å²) in [5, 5.41) is 14.0. The smallest absolute Gasteiger partial charge is 0.395 e. The molecular weight excluding hydrogens is 308 g/mol. The van der Waals surface area contributed by atoms with E-state index < -0.39 is 16.7 Å². The number of furan rings is 1. The first-order valence-corrected chi connectivity index (χ1v) is 7.07. The molecule has 1 aromatic carbocycles. The van der Waals surface area contributed by atoms with E-state index in [1.165, 1.54) is 6.07 Å². The molecule has 1 atom stereocenters. The SMILES string of the molecule is CC(C)C(NC(=O)c1ccc([N+](=O)[O-])o1)c1ccc(Cl)cc1. The van der Waals surface area contributed by atoms with E-state index >= 15 is 0 Å². The highest BCUT2D eigenvalue weighted by molar-refractivity contribution is 6.30. The average Bonchev–Trinajstić information content (AvgIpc) is 2.95. The zero-order valence-electron chi connectivity index (χ0n) is 12.1. The van der Waals surface area contributed by atoms with Crippen LogP contribution in [0.25, 0.3) is 0 Å². The van der Waals surface area contributed by atoms with Crippen molar-refractivity contribution in [3.05, 3.63) is 62.9 Å². The van der Waals surface area contributed by atoms with Gasteiger partial charge in [0.1, 0.15) is 4.92 Å². The predicted molar refractivity (Wildman–Crippen MR) is 81.9 cm³/mol. The third-order valence-electron chi connectivity index (χ3n) is 3.18. The summed E-state index contributed by atoms with van der Waals surface area (Å²) in [4.78, 5) is 22.1. The number of benzene rings is 1. The van der Waals surface area contributed by atoms with Gasteiger partial charge in [-0.3, -0.25) is 14.9 Å². The Labute approximate surface area is 132 Å². The maximum atomic E-state index is 12.2. The highest BCUT2D eigenvalue weighted by atomic mass is 35.5. The second-order valence-corrected chi connectivity index (χ2v) is 5.58. The van der Waals surface area contributed by atoms with Crippen molar-refractivity contribution in [3.8, 4) is 0 Å². The molecular formula is C15H15ClN2O4. The van der Waals surface area contributed by atoms with E-state index in [1.54, 1.807) is 12.1 Å². The van der Waals surface area contributed by atoms with Crippen molar-refractivity contribution < 1.29 is 14.1 Å². The second kappa shape index (κ2) is 6.62. The molecule has 0 bridgehead atoms. The van der Waals surface area contributed by atoms with Crippen molar-refractivity contribution >= 4 is 23.4 Å². The lowest BCUT2D eigenvalue weighted by molar-refractivity contribution is -0.402. The zero-order valence-corrected chi connectivity index (χ0v) is 12.8. The molecule has 1 N–H and O–H groups in total. The summed E-state index contributed by atoms with van der Waals surface area (Å²) in [7, 11) is 0. The Bertz CT molecular complexity index is 679. The van der Waals surface area contributed by atoms with Crippen LogP contribution in [0, 0.1) is 16.0 Å². The van der Waals surface area contributed by atoms with Gasteiger partial charge < -0.3 is 9.73 Å². The number of nitro groups is 1. The molecule has 1 unspecified atom stereocenters. The number of halogens is 1. The summed E-state index contributed by atoms with van der Waals surface area (Å²) < 4.78 is 4.91. The Kier molecular flexibility index (Phi) is 4.82. The van der Waals surface area contributed by atoms with E-state index in [0.29, 0.717) is 5.02 Å². The third kappa shape index (κ3) is 3.65. The van der Waals surface area contributed by atoms with Crippen LogP contribution in [0.3, 0.4) is 0 Å². The number of nitrogens with one attached hydrogen (secondary N) is 1. The number of hydrogen-bond acceptors (Lipinski definition) is 4. The van der Waals surface area contributed by atoms with Gasteiger partial charge in [-0.2, -0.15) is 0 Å². The number of carbonyl (C=O) groups is 1. The molecule has 0 aliphatic carbocycles. The summed E-state index contributed by atoms with van der Waals surface area (Å²) in [6, 6.07) is 9.34. The fourth-order valence-electron chi connectivity index (χ4n) is 2.07. The van der Waals surface area contributed by atoms with Crippen LogP contribution in [-0.4, -0.2) is 10.8 Å². The number of rotatable bonds is 5. The largest absolute Gasteiger partial charge is 0.433 e. The van der Waals surface area contributed by atoms with Gasteiger partial charge in [0.2, 0.25) is 0 Å². The molecule has 1 heterocycles. The fourth-order valence-corrected chi connectivity index (χ4v) is 2.19. The molecule has 2 aromatic rings. The van der Waals surface area contributed by atoms with E-state index in [4.69, 9.17) is 16.0 Å². The number of carbonyl (C=O) groups excluding carboxylic acids is 1. The van der Waals surface area contributed by atoms with Gasteiger partial charge in [-0.25, -0.2) is 0 Å². The van der Waals surface area contributed by atoms with Crippen LogP contribution in [0.15, 0.2) is 40.8 Å². The van der Waals surface area contributed by atoms with E-state index in [-0.39, 0.29) is 17.7 Å². The van der Waals surface area contributed by atoms with Crippen LogP contribution in [-0.2, 0) is 0 Å². The van der Waals surface area contributed by atoms with E-state index in [2.05, 4.69) is 5.32 Å². The van der Waals surface area contributed by atoms with Crippen LogP contribution < -0.4 is 5.32 Å². The van der Waals surface area contributed by atoms with E-state index in [9.17, 15) is 14.9 Å². The maximum absolute atomic E-state index is 12.2. The highest BCUT2D eigenvalue weighted by Gasteiger charge is 2.22. The summed E-state index contributed by atoms with van der Waals surface area (Å²) >= 11 is 5.86. The number of nitrogens with zero attached hydrogens (tertiary/aromatic N) is 1. The number of hydrogen-bond donors (Lipinski definition) is 1. The normalized spacial score (nSPS) is 12.2. The van der Waals surface area contributed by atoms with Gasteiger partial charge in [0.05, 0.1) is 12.1 Å². The van der Waals surface area contributed by atoms with Gasteiger partial charge in [0.15, 0.2) is 5.76 Å². The first-order chi connectivity index (χ1) is 10.4. The Morgan fingerprint density at radius 1 is 1.23 bits per heavy atom. The second-order valence-electron chi connectivity index (χ2n) is 5.14. The lowest BCUT2D eigenvalue weighted by atomic mass is 9.96. The van der Waals surface area contributed by atoms with Crippen molar-refractivity contribution in [2.75, 3.05) is 0 Å². The molecule has 0 saturated heterocycles. The zero-order chi connectivity index (χ0) is 16.3. The average molecular weight is 323 g/mol. The lowest BCUT2D eigenvalue weighted by Gasteiger charge is -2.22. The summed E-state index contributed by atoms with van der Waals surface area (Å²) in [5.74, 6) is -0.930. The molecule has 2 rings (SSSR count). The fraction of sp³-hybridized carbons (Fsp3) is 0.267. The minimum absolute atomic E-state index is 0.0914. The molecule has 7 heteroatoms. The summed E-state index contributed by atoms with van der Waals surface area (Å²) in [6.07, 6.45) is 0. The monoisotopic (exact) mass is 322 g/mol. The van der Waals surface area contributed by atoms with Gasteiger partial charge in [-0.05, 0) is 29.7 Å². The Morgan fingerprint density at radius 3 is 2.36 bits per heavy atom. The van der Waals surface area contributed by atoms with Crippen molar-refractivity contribution in [3.63, 3.8) is 0 Å². The van der Waals surface area contributed by atoms with Crippen LogP contribution >= 0.6 is 11.6 Å². The van der Waals surface area contributed by atoms with Crippen LogP contribution in [0.1, 0.15) is 36.0 Å². The highest BCUT2D eigenvalue weighted by Crippen LogP contribution is 2.24. The number of amides is 1. The Morgan fingerprint density at radius 2 is 1.86 bits per heavy atom. The third-order valence-corrected chi connectivity index (χ3v) is 3.43. The molecule has 116 valence electrons. The molecule has 0 fully saturated rings. The van der Waals surface area contributed by atoms with Gasteiger partial charge in [0.25, 0.3) is 5.91 Å². The topological polar surface area (TPSA) is 85.4 Å². The van der Waals surface area contributed by atoms with Crippen molar-refractivity contribution in [1.29, 1.82) is 0 Å². The quantitative estimate of drug-likeness (QED) is 0.666. The van der Waals surface area contributed by atoms with Crippen molar-refractivity contribution in [2.24, 2.45) is 5.92 Å². The first kappa shape index (κ1) is 16.0. The Balaban J connectivity index is 2.18. The standard InChI is InChI=1S/C15H15ClN2O4/c1-9(2)14(10-3-5-11(16)6-4-10)17-15(19)12-7-8-13(22-12)18(20)21/h3-9,14H,1-2H3,(H,17,19). The van der Waals surface area contributed by atoms with Gasteiger partial charge in [-0.1, -0.05) is 37.6 Å². The van der Waals surface area contributed by atoms with Crippen LogP contribution in [0.5, 0.6) is 0 Å². The molecule has 22 heavy (non-hydrogen) atoms. The molecule has 0 aliphatic rings. The lowest BCUT2D eigenvalue weighted by Crippen LogP contribution is -2.31. The van der Waals surface area contributed by atoms with Crippen molar-refractivity contribution in [1.82, 2.24) is 5.32 Å². The van der Waals surface area contributed by atoms with Crippen LogP contribution in [0.4, 0.5) is 5.88 Å². The van der Waals surface area contributed by atoms with Gasteiger partial charge in [0, 0.05) is 5.02 Å².